The maximum absolute atomic E-state index is 5.99. The molecule has 0 aliphatic rings. The van der Waals surface area contributed by atoms with E-state index in [0.29, 0.717) is 11.8 Å². The first kappa shape index (κ1) is 15.6. The predicted octanol–water partition coefficient (Wildman–Crippen LogP) is 5.80. The molecule has 1 atom stereocenters. The second-order valence-corrected chi connectivity index (χ2v) is 6.86. The Morgan fingerprint density at radius 2 is 1.80 bits per heavy atom. The second kappa shape index (κ2) is 7.32. The third-order valence-electron chi connectivity index (χ3n) is 3.48. The smallest absolute Gasteiger partial charge is 0.0477 e. The zero-order valence-corrected chi connectivity index (χ0v) is 14.6. The van der Waals surface area contributed by atoms with E-state index in [9.17, 15) is 0 Å². The molecule has 0 aromatic heterocycles. The Bertz CT molecular complexity index is 554. The molecule has 0 amide bonds. The van der Waals surface area contributed by atoms with Crippen LogP contribution in [0.1, 0.15) is 25.3 Å². The molecular weight excluding hydrogens is 381 g/mol. The van der Waals surface area contributed by atoms with Crippen LogP contribution in [0.4, 0.5) is 5.69 Å². The number of hydrogen-bond acceptors (Lipinski definition) is 1. The van der Waals surface area contributed by atoms with Crippen molar-refractivity contribution in [3.63, 3.8) is 0 Å². The number of benzene rings is 2. The molecule has 2 aromatic rings. The molecule has 1 unspecified atom stereocenters. The van der Waals surface area contributed by atoms with Gasteiger partial charge in [0.1, 0.15) is 0 Å². The molecule has 0 bridgehead atoms. The molecule has 0 heterocycles. The minimum absolute atomic E-state index is 0.502. The molecule has 20 heavy (non-hydrogen) atoms. The van der Waals surface area contributed by atoms with Gasteiger partial charge in [-0.05, 0) is 52.3 Å². The molecular formula is C17H19ClIN. The van der Waals surface area contributed by atoms with Crippen LogP contribution in [0.2, 0.25) is 5.02 Å². The number of nitrogens with one attached hydrogen (secondary N) is 1. The molecule has 0 aliphatic carbocycles. The van der Waals surface area contributed by atoms with Crippen LogP contribution in [0, 0.1) is 9.49 Å². The summed E-state index contributed by atoms with van der Waals surface area (Å²) in [6.07, 6.45) is 0. The Morgan fingerprint density at radius 1 is 1.10 bits per heavy atom. The van der Waals surface area contributed by atoms with Crippen LogP contribution >= 0.6 is 34.2 Å². The summed E-state index contributed by atoms with van der Waals surface area (Å²) in [7, 11) is 0. The van der Waals surface area contributed by atoms with Crippen molar-refractivity contribution < 1.29 is 0 Å². The van der Waals surface area contributed by atoms with E-state index in [2.05, 4.69) is 72.1 Å². The molecule has 2 rings (SSSR count). The SMILES string of the molecule is CC(C)C(CNc1ccc(Cl)cc1I)c1ccccc1. The Balaban J connectivity index is 2.10. The largest absolute Gasteiger partial charge is 0.384 e. The summed E-state index contributed by atoms with van der Waals surface area (Å²) in [5.41, 5.74) is 2.54. The average Bonchev–Trinajstić information content (AvgIpc) is 2.42. The maximum atomic E-state index is 5.99. The summed E-state index contributed by atoms with van der Waals surface area (Å²) in [6, 6.07) is 16.7. The number of halogens is 2. The zero-order chi connectivity index (χ0) is 14.5. The van der Waals surface area contributed by atoms with Gasteiger partial charge in [-0.25, -0.2) is 0 Å². The highest BCUT2D eigenvalue weighted by molar-refractivity contribution is 14.1. The van der Waals surface area contributed by atoms with Gasteiger partial charge in [0.05, 0.1) is 0 Å². The minimum Gasteiger partial charge on any atom is -0.384 e. The lowest BCUT2D eigenvalue weighted by atomic mass is 9.88. The average molecular weight is 400 g/mol. The molecule has 2 aromatic carbocycles. The van der Waals surface area contributed by atoms with Crippen molar-refractivity contribution in [2.24, 2.45) is 5.92 Å². The van der Waals surface area contributed by atoms with Gasteiger partial charge >= 0.3 is 0 Å². The first-order valence-corrected chi connectivity index (χ1v) is 8.27. The molecule has 0 radical (unpaired) electrons. The molecule has 0 spiro atoms. The highest BCUT2D eigenvalue weighted by Crippen LogP contribution is 2.27. The van der Waals surface area contributed by atoms with E-state index < -0.39 is 0 Å². The Labute approximate surface area is 139 Å². The van der Waals surface area contributed by atoms with Crippen LogP contribution in [-0.2, 0) is 0 Å². The van der Waals surface area contributed by atoms with Crippen LogP contribution in [0.15, 0.2) is 48.5 Å². The van der Waals surface area contributed by atoms with Gasteiger partial charge in [0.2, 0.25) is 0 Å². The number of rotatable bonds is 5. The topological polar surface area (TPSA) is 12.0 Å². The first-order chi connectivity index (χ1) is 9.58. The van der Waals surface area contributed by atoms with Crippen molar-refractivity contribution in [1.82, 2.24) is 0 Å². The fourth-order valence-electron chi connectivity index (χ4n) is 2.29. The normalized spacial score (nSPS) is 12.4. The van der Waals surface area contributed by atoms with E-state index in [1.54, 1.807) is 0 Å². The van der Waals surface area contributed by atoms with E-state index in [0.717, 1.165) is 20.8 Å². The lowest BCUT2D eigenvalue weighted by Gasteiger charge is -2.23. The lowest BCUT2D eigenvalue weighted by Crippen LogP contribution is -2.18. The standard InChI is InChI=1S/C17H19ClIN/c1-12(2)15(13-6-4-3-5-7-13)11-20-17-9-8-14(18)10-16(17)19/h3-10,12,15,20H,11H2,1-2H3. The maximum Gasteiger partial charge on any atom is 0.0477 e. The quantitative estimate of drug-likeness (QED) is 0.627. The minimum atomic E-state index is 0.502. The Hall–Kier alpha value is -0.740. The third kappa shape index (κ3) is 4.13. The Kier molecular flexibility index (Phi) is 5.73. The third-order valence-corrected chi connectivity index (χ3v) is 4.60. The monoisotopic (exact) mass is 399 g/mol. The van der Waals surface area contributed by atoms with Gasteiger partial charge in [-0.3, -0.25) is 0 Å². The van der Waals surface area contributed by atoms with Crippen molar-refractivity contribution >= 4 is 39.9 Å². The van der Waals surface area contributed by atoms with E-state index >= 15 is 0 Å². The van der Waals surface area contributed by atoms with Crippen molar-refractivity contribution in [3.05, 3.63) is 62.7 Å². The van der Waals surface area contributed by atoms with E-state index in [-0.39, 0.29) is 0 Å². The molecule has 0 saturated heterocycles. The van der Waals surface area contributed by atoms with Crippen LogP contribution in [0.25, 0.3) is 0 Å². The van der Waals surface area contributed by atoms with Gasteiger partial charge in [0.15, 0.2) is 0 Å². The highest BCUT2D eigenvalue weighted by Gasteiger charge is 2.15. The molecule has 0 fully saturated rings. The van der Waals surface area contributed by atoms with Crippen LogP contribution < -0.4 is 5.32 Å². The fraction of sp³-hybridized carbons (Fsp3) is 0.294. The van der Waals surface area contributed by atoms with Gasteiger partial charge in [-0.15, -0.1) is 0 Å². The summed E-state index contributed by atoms with van der Waals surface area (Å²) in [5.74, 6) is 1.09. The van der Waals surface area contributed by atoms with E-state index in [1.807, 2.05) is 18.2 Å². The highest BCUT2D eigenvalue weighted by atomic mass is 127. The first-order valence-electron chi connectivity index (χ1n) is 6.82. The summed E-state index contributed by atoms with van der Waals surface area (Å²) in [6.45, 7) is 5.47. The van der Waals surface area contributed by atoms with Crippen LogP contribution in [0.5, 0.6) is 0 Å². The predicted molar refractivity (Wildman–Crippen MR) is 96.7 cm³/mol. The van der Waals surface area contributed by atoms with Gasteiger partial charge in [0, 0.05) is 26.7 Å². The fourth-order valence-corrected chi connectivity index (χ4v) is 3.35. The molecule has 106 valence electrons. The van der Waals surface area contributed by atoms with Crippen molar-refractivity contribution in [1.29, 1.82) is 0 Å². The summed E-state index contributed by atoms with van der Waals surface area (Å²) >= 11 is 8.31. The van der Waals surface area contributed by atoms with E-state index in [1.165, 1.54) is 5.56 Å². The second-order valence-electron chi connectivity index (χ2n) is 5.27. The number of anilines is 1. The molecule has 1 nitrogen and oxygen atoms in total. The lowest BCUT2D eigenvalue weighted by molar-refractivity contribution is 0.517. The van der Waals surface area contributed by atoms with Crippen LogP contribution in [0.3, 0.4) is 0 Å². The molecule has 3 heteroatoms. The molecule has 1 N–H and O–H groups in total. The van der Waals surface area contributed by atoms with Gasteiger partial charge < -0.3 is 5.32 Å². The number of hydrogen-bond donors (Lipinski definition) is 1. The summed E-state index contributed by atoms with van der Waals surface area (Å²) in [4.78, 5) is 0. The van der Waals surface area contributed by atoms with Gasteiger partial charge in [0.25, 0.3) is 0 Å². The summed E-state index contributed by atoms with van der Waals surface area (Å²) < 4.78 is 1.16. The van der Waals surface area contributed by atoms with Crippen molar-refractivity contribution in [3.8, 4) is 0 Å². The van der Waals surface area contributed by atoms with Gasteiger partial charge in [-0.1, -0.05) is 55.8 Å². The zero-order valence-electron chi connectivity index (χ0n) is 11.7. The van der Waals surface area contributed by atoms with Crippen molar-refractivity contribution in [2.45, 2.75) is 19.8 Å². The molecule has 0 saturated carbocycles. The Morgan fingerprint density at radius 3 is 2.40 bits per heavy atom. The van der Waals surface area contributed by atoms with E-state index in [4.69, 9.17) is 11.6 Å². The van der Waals surface area contributed by atoms with Crippen LogP contribution in [-0.4, -0.2) is 6.54 Å². The summed E-state index contributed by atoms with van der Waals surface area (Å²) in [5, 5.41) is 4.33. The van der Waals surface area contributed by atoms with Crippen molar-refractivity contribution in [2.75, 3.05) is 11.9 Å². The van der Waals surface area contributed by atoms with Gasteiger partial charge in [-0.2, -0.15) is 0 Å². The molecule has 0 aliphatic heterocycles.